The van der Waals surface area contributed by atoms with Crippen molar-refractivity contribution in [2.75, 3.05) is 6.54 Å². The molecule has 0 saturated heterocycles. The minimum Gasteiger partial charge on any atom is -0.409 e. The third kappa shape index (κ3) is 2.23. The molecule has 96 valence electrons. The molecule has 0 radical (unpaired) electrons. The summed E-state index contributed by atoms with van der Waals surface area (Å²) in [7, 11) is 0. The van der Waals surface area contributed by atoms with Crippen LogP contribution in [0.2, 0.25) is 0 Å². The predicted octanol–water partition coefficient (Wildman–Crippen LogP) is 1.21. The van der Waals surface area contributed by atoms with Crippen LogP contribution in [0.5, 0.6) is 0 Å². The fraction of sp³-hybridized carbons (Fsp3) is 0.833. The molecule has 0 unspecified atom stereocenters. The lowest BCUT2D eigenvalue weighted by Crippen LogP contribution is -2.54. The van der Waals surface area contributed by atoms with Crippen molar-refractivity contribution in [1.29, 1.82) is 0 Å². The van der Waals surface area contributed by atoms with Crippen LogP contribution >= 0.6 is 0 Å². The lowest BCUT2D eigenvalue weighted by atomic mass is 9.67. The van der Waals surface area contributed by atoms with Gasteiger partial charge in [0.15, 0.2) is 5.84 Å². The number of hydrogen-bond donors (Lipinski definition) is 3. The van der Waals surface area contributed by atoms with Crippen LogP contribution in [0, 0.1) is 11.3 Å². The molecule has 0 aromatic carbocycles. The van der Waals surface area contributed by atoms with E-state index < -0.39 is 5.41 Å². The predicted molar refractivity (Wildman–Crippen MR) is 64.7 cm³/mol. The first-order chi connectivity index (χ1) is 8.19. The molecule has 0 aliphatic heterocycles. The van der Waals surface area contributed by atoms with Crippen LogP contribution in [0.4, 0.5) is 0 Å². The standard InChI is InChI=1S/C12H21N3O2/c13-10(15-17)12(6-3-7-12)11(16)14-8-9-4-1-2-5-9/h9,17H,1-8H2,(H2,13,15)(H,14,16). The van der Waals surface area contributed by atoms with Crippen LogP contribution in [0.25, 0.3) is 0 Å². The van der Waals surface area contributed by atoms with Gasteiger partial charge >= 0.3 is 0 Å². The smallest absolute Gasteiger partial charge is 0.233 e. The van der Waals surface area contributed by atoms with Gasteiger partial charge in [-0.3, -0.25) is 4.79 Å². The number of nitrogens with two attached hydrogens (primary N) is 1. The minimum atomic E-state index is -0.729. The second-order valence-electron chi connectivity index (χ2n) is 5.28. The van der Waals surface area contributed by atoms with Gasteiger partial charge in [-0.1, -0.05) is 24.4 Å². The van der Waals surface area contributed by atoms with Crippen molar-refractivity contribution in [2.24, 2.45) is 22.2 Å². The lowest BCUT2D eigenvalue weighted by molar-refractivity contribution is -0.131. The molecular formula is C12H21N3O2. The van der Waals surface area contributed by atoms with E-state index in [9.17, 15) is 4.79 Å². The molecule has 1 amide bonds. The van der Waals surface area contributed by atoms with E-state index >= 15 is 0 Å². The molecule has 0 atom stereocenters. The molecule has 2 aliphatic carbocycles. The fourth-order valence-corrected chi connectivity index (χ4v) is 2.85. The van der Waals surface area contributed by atoms with E-state index in [1.165, 1.54) is 25.7 Å². The Hall–Kier alpha value is -1.26. The van der Waals surface area contributed by atoms with Crippen LogP contribution < -0.4 is 11.1 Å². The van der Waals surface area contributed by atoms with Crippen LogP contribution in [0.1, 0.15) is 44.9 Å². The number of amides is 1. The Morgan fingerprint density at radius 3 is 2.47 bits per heavy atom. The van der Waals surface area contributed by atoms with Gasteiger partial charge in [-0.05, 0) is 31.6 Å². The van der Waals surface area contributed by atoms with E-state index in [1.807, 2.05) is 0 Å². The van der Waals surface area contributed by atoms with E-state index in [1.54, 1.807) is 0 Å². The van der Waals surface area contributed by atoms with Crippen molar-refractivity contribution in [3.63, 3.8) is 0 Å². The summed E-state index contributed by atoms with van der Waals surface area (Å²) in [5, 5.41) is 14.7. The first-order valence-corrected chi connectivity index (χ1v) is 6.45. The van der Waals surface area contributed by atoms with Crippen molar-refractivity contribution in [2.45, 2.75) is 44.9 Å². The highest BCUT2D eigenvalue weighted by Gasteiger charge is 2.48. The quantitative estimate of drug-likeness (QED) is 0.298. The van der Waals surface area contributed by atoms with E-state index in [-0.39, 0.29) is 11.7 Å². The van der Waals surface area contributed by atoms with Crippen molar-refractivity contribution in [3.8, 4) is 0 Å². The zero-order valence-corrected chi connectivity index (χ0v) is 10.1. The minimum absolute atomic E-state index is 0.0627. The van der Waals surface area contributed by atoms with E-state index in [4.69, 9.17) is 10.9 Å². The first kappa shape index (κ1) is 12.2. The normalized spacial score (nSPS) is 24.4. The maximum Gasteiger partial charge on any atom is 0.233 e. The maximum atomic E-state index is 12.1. The topological polar surface area (TPSA) is 87.7 Å². The second-order valence-corrected chi connectivity index (χ2v) is 5.28. The monoisotopic (exact) mass is 239 g/mol. The van der Waals surface area contributed by atoms with Gasteiger partial charge < -0.3 is 16.3 Å². The molecule has 5 nitrogen and oxygen atoms in total. The Balaban J connectivity index is 1.89. The summed E-state index contributed by atoms with van der Waals surface area (Å²) in [5.74, 6) is 0.613. The fourth-order valence-electron chi connectivity index (χ4n) is 2.85. The third-order valence-corrected chi connectivity index (χ3v) is 4.27. The van der Waals surface area contributed by atoms with Gasteiger partial charge in [0.25, 0.3) is 0 Å². The average molecular weight is 239 g/mol. The van der Waals surface area contributed by atoms with Crippen molar-refractivity contribution in [3.05, 3.63) is 0 Å². The van der Waals surface area contributed by atoms with Crippen molar-refractivity contribution in [1.82, 2.24) is 5.32 Å². The molecule has 2 rings (SSSR count). The van der Waals surface area contributed by atoms with Gasteiger partial charge in [0.1, 0.15) is 5.41 Å². The van der Waals surface area contributed by atoms with Gasteiger partial charge in [0.2, 0.25) is 5.91 Å². The summed E-state index contributed by atoms with van der Waals surface area (Å²) in [6.45, 7) is 0.735. The highest BCUT2D eigenvalue weighted by Crippen LogP contribution is 2.41. The Labute approximate surface area is 101 Å². The van der Waals surface area contributed by atoms with Gasteiger partial charge in [0.05, 0.1) is 0 Å². The van der Waals surface area contributed by atoms with Crippen LogP contribution in [-0.4, -0.2) is 23.5 Å². The molecule has 2 fully saturated rings. The number of nitrogens with one attached hydrogen (secondary N) is 1. The SMILES string of the molecule is NC(=NO)C1(C(=O)NCC2CCCC2)CCC1. The number of rotatable bonds is 4. The van der Waals surface area contributed by atoms with Crippen molar-refractivity contribution < 1.29 is 10.0 Å². The van der Waals surface area contributed by atoms with Crippen LogP contribution in [-0.2, 0) is 4.79 Å². The molecule has 0 bridgehead atoms. The second kappa shape index (κ2) is 4.94. The highest BCUT2D eigenvalue weighted by atomic mass is 16.4. The summed E-state index contributed by atoms with van der Waals surface area (Å²) in [4.78, 5) is 12.1. The summed E-state index contributed by atoms with van der Waals surface area (Å²) in [6.07, 6.45) is 7.30. The number of carbonyl (C=O) groups excluding carboxylic acids is 1. The van der Waals surface area contributed by atoms with Crippen LogP contribution in [0.15, 0.2) is 5.16 Å². The largest absolute Gasteiger partial charge is 0.409 e. The zero-order chi connectivity index (χ0) is 12.3. The van der Waals surface area contributed by atoms with E-state index in [2.05, 4.69) is 10.5 Å². The van der Waals surface area contributed by atoms with Gasteiger partial charge in [-0.25, -0.2) is 0 Å². The van der Waals surface area contributed by atoms with Crippen LogP contribution in [0.3, 0.4) is 0 Å². The third-order valence-electron chi connectivity index (χ3n) is 4.27. The molecule has 4 N–H and O–H groups in total. The molecule has 5 heteroatoms. The maximum absolute atomic E-state index is 12.1. The summed E-state index contributed by atoms with van der Waals surface area (Å²) in [6, 6.07) is 0. The van der Waals surface area contributed by atoms with Gasteiger partial charge in [0, 0.05) is 6.54 Å². The highest BCUT2D eigenvalue weighted by molar-refractivity contribution is 6.07. The molecule has 2 aliphatic rings. The number of carbonyl (C=O) groups is 1. The molecule has 0 aromatic rings. The lowest BCUT2D eigenvalue weighted by Gasteiger charge is -2.38. The van der Waals surface area contributed by atoms with E-state index in [0.29, 0.717) is 18.8 Å². The Bertz CT molecular complexity index is 318. The number of amidine groups is 1. The Morgan fingerprint density at radius 1 is 1.35 bits per heavy atom. The molecular weight excluding hydrogens is 218 g/mol. The van der Waals surface area contributed by atoms with Gasteiger partial charge in [-0.2, -0.15) is 0 Å². The molecule has 2 saturated carbocycles. The van der Waals surface area contributed by atoms with Gasteiger partial charge in [-0.15, -0.1) is 0 Å². The Kier molecular flexibility index (Phi) is 3.54. The zero-order valence-electron chi connectivity index (χ0n) is 10.1. The molecule has 0 heterocycles. The molecule has 17 heavy (non-hydrogen) atoms. The molecule has 0 aromatic heterocycles. The number of oxime groups is 1. The van der Waals surface area contributed by atoms with E-state index in [0.717, 1.165) is 13.0 Å². The summed E-state index contributed by atoms with van der Waals surface area (Å²) in [5.41, 5.74) is 4.91. The summed E-state index contributed by atoms with van der Waals surface area (Å²) >= 11 is 0. The molecule has 0 spiro atoms. The first-order valence-electron chi connectivity index (χ1n) is 6.45. The number of nitrogens with zero attached hydrogens (tertiary/aromatic N) is 1. The summed E-state index contributed by atoms with van der Waals surface area (Å²) < 4.78 is 0. The Morgan fingerprint density at radius 2 is 2.00 bits per heavy atom. The average Bonchev–Trinajstić information content (AvgIpc) is 2.77. The van der Waals surface area contributed by atoms with Crippen molar-refractivity contribution >= 4 is 11.7 Å². The number of hydrogen-bond acceptors (Lipinski definition) is 3.